The molecule has 3 nitrogen and oxygen atoms in total. The van der Waals surface area contributed by atoms with Crippen LogP contribution in [-0.4, -0.2) is 37.5 Å². The molecule has 0 unspecified atom stereocenters. The van der Waals surface area contributed by atoms with E-state index in [9.17, 15) is 13.2 Å². The van der Waals surface area contributed by atoms with Crippen LogP contribution in [0.3, 0.4) is 0 Å². The zero-order valence-corrected chi connectivity index (χ0v) is 10.9. The molecule has 0 aliphatic heterocycles. The predicted octanol–water partition coefficient (Wildman–Crippen LogP) is 2.16. The third kappa shape index (κ3) is 5.48. The number of anilines is 1. The van der Waals surface area contributed by atoms with Gasteiger partial charge in [0.05, 0.1) is 6.61 Å². The van der Waals surface area contributed by atoms with E-state index in [0.29, 0.717) is 12.2 Å². The summed E-state index contributed by atoms with van der Waals surface area (Å²) < 4.78 is 37.7. The summed E-state index contributed by atoms with van der Waals surface area (Å²) >= 11 is 0. The molecule has 1 aromatic carbocycles. The Bertz CT molecular complexity index is 382. The molecule has 0 aromatic heterocycles. The lowest BCUT2D eigenvalue weighted by Gasteiger charge is -2.27. The number of para-hydroxylation sites is 1. The molecule has 0 heterocycles. The molecular formula is C13H19F3N2O. The van der Waals surface area contributed by atoms with Crippen LogP contribution in [0.15, 0.2) is 24.3 Å². The molecule has 0 spiro atoms. The Hall–Kier alpha value is -1.27. The molecule has 1 aromatic rings. The normalized spacial score (nSPS) is 11.6. The SMILES string of the molecule is CCNCc1ccccc1N(CCO)CC(F)(F)F. The van der Waals surface area contributed by atoms with Crippen LogP contribution in [0.1, 0.15) is 12.5 Å². The van der Waals surface area contributed by atoms with Gasteiger partial charge in [0, 0.05) is 18.8 Å². The molecule has 6 heteroatoms. The average Bonchev–Trinajstić information content (AvgIpc) is 2.34. The van der Waals surface area contributed by atoms with Gasteiger partial charge in [0.25, 0.3) is 0 Å². The Morgan fingerprint density at radius 2 is 1.95 bits per heavy atom. The molecule has 0 amide bonds. The van der Waals surface area contributed by atoms with Crippen molar-refractivity contribution in [1.82, 2.24) is 5.32 Å². The quantitative estimate of drug-likeness (QED) is 0.801. The summed E-state index contributed by atoms with van der Waals surface area (Å²) in [5.74, 6) is 0. The van der Waals surface area contributed by atoms with Gasteiger partial charge in [0.2, 0.25) is 0 Å². The van der Waals surface area contributed by atoms with Gasteiger partial charge in [-0.25, -0.2) is 0 Å². The third-order valence-electron chi connectivity index (χ3n) is 2.64. The summed E-state index contributed by atoms with van der Waals surface area (Å²) in [6.45, 7) is 1.77. The number of nitrogens with zero attached hydrogens (tertiary/aromatic N) is 1. The van der Waals surface area contributed by atoms with E-state index in [1.807, 2.05) is 6.92 Å². The van der Waals surface area contributed by atoms with Crippen molar-refractivity contribution < 1.29 is 18.3 Å². The smallest absolute Gasteiger partial charge is 0.395 e. The number of halogens is 3. The maximum absolute atomic E-state index is 12.6. The molecule has 108 valence electrons. The zero-order chi connectivity index (χ0) is 14.3. The largest absolute Gasteiger partial charge is 0.405 e. The summed E-state index contributed by atoms with van der Waals surface area (Å²) in [6.07, 6.45) is -4.29. The second-order valence-corrected chi connectivity index (χ2v) is 4.17. The first-order chi connectivity index (χ1) is 8.98. The fourth-order valence-corrected chi connectivity index (χ4v) is 1.85. The molecule has 2 N–H and O–H groups in total. The Balaban J connectivity index is 2.94. The van der Waals surface area contributed by atoms with Crippen LogP contribution in [0.4, 0.5) is 18.9 Å². The average molecular weight is 276 g/mol. The van der Waals surface area contributed by atoms with Crippen molar-refractivity contribution in [3.05, 3.63) is 29.8 Å². The van der Waals surface area contributed by atoms with E-state index >= 15 is 0 Å². The number of benzene rings is 1. The van der Waals surface area contributed by atoms with Crippen molar-refractivity contribution in [2.24, 2.45) is 0 Å². The van der Waals surface area contributed by atoms with Crippen molar-refractivity contribution in [3.8, 4) is 0 Å². The minimum Gasteiger partial charge on any atom is -0.395 e. The highest BCUT2D eigenvalue weighted by Gasteiger charge is 2.31. The van der Waals surface area contributed by atoms with Gasteiger partial charge in [-0.1, -0.05) is 25.1 Å². The molecule has 1 rings (SSSR count). The predicted molar refractivity (Wildman–Crippen MR) is 69.2 cm³/mol. The summed E-state index contributed by atoms with van der Waals surface area (Å²) in [6, 6.07) is 6.93. The van der Waals surface area contributed by atoms with Crippen LogP contribution in [0.2, 0.25) is 0 Å². The highest BCUT2D eigenvalue weighted by atomic mass is 19.4. The van der Waals surface area contributed by atoms with Gasteiger partial charge in [-0.05, 0) is 18.2 Å². The number of alkyl halides is 3. The topological polar surface area (TPSA) is 35.5 Å². The van der Waals surface area contributed by atoms with Crippen molar-refractivity contribution >= 4 is 5.69 Å². The molecule has 0 saturated carbocycles. The van der Waals surface area contributed by atoms with E-state index in [2.05, 4.69) is 5.32 Å². The second kappa shape index (κ2) is 7.35. The lowest BCUT2D eigenvalue weighted by atomic mass is 10.1. The molecule has 0 aliphatic carbocycles. The van der Waals surface area contributed by atoms with Gasteiger partial charge in [-0.15, -0.1) is 0 Å². The van der Waals surface area contributed by atoms with E-state index < -0.39 is 12.7 Å². The summed E-state index contributed by atoms with van der Waals surface area (Å²) in [5.41, 5.74) is 1.30. The minimum atomic E-state index is -4.29. The Kier molecular flexibility index (Phi) is 6.11. The Morgan fingerprint density at radius 1 is 1.26 bits per heavy atom. The van der Waals surface area contributed by atoms with Crippen molar-refractivity contribution in [2.45, 2.75) is 19.6 Å². The van der Waals surface area contributed by atoms with Crippen LogP contribution in [0, 0.1) is 0 Å². The van der Waals surface area contributed by atoms with Gasteiger partial charge >= 0.3 is 6.18 Å². The summed E-state index contributed by atoms with van der Waals surface area (Å²) in [7, 11) is 0. The van der Waals surface area contributed by atoms with Crippen LogP contribution in [0.25, 0.3) is 0 Å². The minimum absolute atomic E-state index is 0.0390. The summed E-state index contributed by atoms with van der Waals surface area (Å²) in [4.78, 5) is 1.16. The first kappa shape index (κ1) is 15.8. The van der Waals surface area contributed by atoms with E-state index in [1.54, 1.807) is 24.3 Å². The van der Waals surface area contributed by atoms with Gasteiger partial charge in [0.1, 0.15) is 6.54 Å². The highest BCUT2D eigenvalue weighted by molar-refractivity contribution is 5.53. The monoisotopic (exact) mass is 276 g/mol. The first-order valence-corrected chi connectivity index (χ1v) is 6.19. The van der Waals surface area contributed by atoms with Gasteiger partial charge in [-0.2, -0.15) is 13.2 Å². The summed E-state index contributed by atoms with van der Waals surface area (Å²) in [5, 5.41) is 12.0. The zero-order valence-electron chi connectivity index (χ0n) is 10.9. The lowest BCUT2D eigenvalue weighted by Crippen LogP contribution is -2.37. The van der Waals surface area contributed by atoms with Crippen LogP contribution >= 0.6 is 0 Å². The number of aliphatic hydroxyl groups excluding tert-OH is 1. The molecule has 0 atom stereocenters. The van der Waals surface area contributed by atoms with Gasteiger partial charge in [-0.3, -0.25) is 0 Å². The molecule has 0 bridgehead atoms. The third-order valence-corrected chi connectivity index (χ3v) is 2.64. The maximum atomic E-state index is 12.6. The van der Waals surface area contributed by atoms with E-state index in [-0.39, 0.29) is 13.2 Å². The van der Waals surface area contributed by atoms with Crippen LogP contribution < -0.4 is 10.2 Å². The number of hydrogen-bond donors (Lipinski definition) is 2. The fourth-order valence-electron chi connectivity index (χ4n) is 1.85. The van der Waals surface area contributed by atoms with E-state index in [4.69, 9.17) is 5.11 Å². The lowest BCUT2D eigenvalue weighted by molar-refractivity contribution is -0.119. The molecule has 0 radical (unpaired) electrons. The van der Waals surface area contributed by atoms with Crippen LogP contribution in [0.5, 0.6) is 0 Å². The van der Waals surface area contributed by atoms with Gasteiger partial charge in [0.15, 0.2) is 0 Å². The Morgan fingerprint density at radius 3 is 2.53 bits per heavy atom. The van der Waals surface area contributed by atoms with Gasteiger partial charge < -0.3 is 15.3 Å². The highest BCUT2D eigenvalue weighted by Crippen LogP contribution is 2.25. The fraction of sp³-hybridized carbons (Fsp3) is 0.538. The van der Waals surface area contributed by atoms with Crippen molar-refractivity contribution in [3.63, 3.8) is 0 Å². The number of aliphatic hydroxyl groups is 1. The first-order valence-electron chi connectivity index (χ1n) is 6.19. The molecule has 0 aliphatic rings. The molecule has 19 heavy (non-hydrogen) atoms. The van der Waals surface area contributed by atoms with Crippen LogP contribution in [-0.2, 0) is 6.54 Å². The number of nitrogens with one attached hydrogen (secondary N) is 1. The molecular weight excluding hydrogens is 257 g/mol. The number of hydrogen-bond acceptors (Lipinski definition) is 3. The molecule has 0 saturated heterocycles. The van der Waals surface area contributed by atoms with E-state index in [0.717, 1.165) is 17.0 Å². The second-order valence-electron chi connectivity index (χ2n) is 4.17. The number of rotatable bonds is 7. The van der Waals surface area contributed by atoms with Crippen molar-refractivity contribution in [2.75, 3.05) is 31.1 Å². The van der Waals surface area contributed by atoms with Crippen molar-refractivity contribution in [1.29, 1.82) is 0 Å². The standard InChI is InChI=1S/C13H19F3N2O/c1-2-17-9-11-5-3-4-6-12(11)18(7-8-19)10-13(14,15)16/h3-6,17,19H,2,7-10H2,1H3. The Labute approximate surface area is 111 Å². The molecule has 0 fully saturated rings. The maximum Gasteiger partial charge on any atom is 0.405 e. The van der Waals surface area contributed by atoms with E-state index in [1.165, 1.54) is 0 Å².